The second-order valence-corrected chi connectivity index (χ2v) is 9.17. The third kappa shape index (κ3) is 4.33. The molecule has 0 aliphatic carbocycles. The lowest BCUT2D eigenvalue weighted by Gasteiger charge is -2.16. The van der Waals surface area contributed by atoms with Gasteiger partial charge >= 0.3 is 0 Å². The molecule has 32 heavy (non-hydrogen) atoms. The number of carbonyl (C=O) groups excluding carboxylic acids is 3. The summed E-state index contributed by atoms with van der Waals surface area (Å²) in [5.74, 6) is -0.834. The number of hydrogen-bond acceptors (Lipinski definition) is 5. The fourth-order valence-corrected chi connectivity index (χ4v) is 5.19. The summed E-state index contributed by atoms with van der Waals surface area (Å²) in [6, 6.07) is 17.1. The molecule has 0 radical (unpaired) electrons. The molecule has 2 heterocycles. The fraction of sp³-hybridized carbons (Fsp3) is 0.250. The Morgan fingerprint density at radius 2 is 1.72 bits per heavy atom. The summed E-state index contributed by atoms with van der Waals surface area (Å²) in [4.78, 5) is 42.2. The molecule has 2 aliphatic heterocycles. The van der Waals surface area contributed by atoms with Gasteiger partial charge in [0.25, 0.3) is 11.8 Å². The highest BCUT2D eigenvalue weighted by Gasteiger charge is 2.42. The average Bonchev–Trinajstić information content (AvgIpc) is 3.22. The molecule has 0 saturated carbocycles. The number of carbonyl (C=O) groups is 3. The van der Waals surface area contributed by atoms with Crippen LogP contribution in [0.25, 0.3) is 5.57 Å². The number of amides is 3. The highest BCUT2D eigenvalue weighted by atomic mass is 32.2. The van der Waals surface area contributed by atoms with Gasteiger partial charge in [0.05, 0.1) is 16.2 Å². The first-order chi connectivity index (χ1) is 15.5. The minimum absolute atomic E-state index is 0.108. The number of anilines is 1. The average molecular weight is 466 g/mol. The van der Waals surface area contributed by atoms with Gasteiger partial charge in [-0.2, -0.15) is 0 Å². The second-order valence-electron chi connectivity index (χ2n) is 7.52. The molecular weight excluding hydrogens is 442 g/mol. The molecule has 0 unspecified atom stereocenters. The number of nitrogens with one attached hydrogen (secondary N) is 1. The van der Waals surface area contributed by atoms with E-state index >= 15 is 0 Å². The van der Waals surface area contributed by atoms with Crippen LogP contribution in [0.3, 0.4) is 0 Å². The van der Waals surface area contributed by atoms with Gasteiger partial charge in [-0.05, 0) is 24.5 Å². The summed E-state index contributed by atoms with van der Waals surface area (Å²) in [5, 5.41) is 2.88. The van der Waals surface area contributed by atoms with E-state index in [1.807, 2.05) is 55.5 Å². The van der Waals surface area contributed by atoms with Crippen LogP contribution in [0.15, 0.2) is 59.5 Å². The quantitative estimate of drug-likeness (QED) is 0.502. The van der Waals surface area contributed by atoms with Gasteiger partial charge in [-0.15, -0.1) is 0 Å². The van der Waals surface area contributed by atoms with Crippen molar-refractivity contribution in [2.45, 2.75) is 19.8 Å². The Bertz CT molecular complexity index is 1110. The maximum absolute atomic E-state index is 13.4. The van der Waals surface area contributed by atoms with E-state index in [1.165, 1.54) is 9.80 Å². The molecule has 0 atom stereocenters. The number of fused-ring (bicyclic) bond motifs is 1. The van der Waals surface area contributed by atoms with Crippen LogP contribution >= 0.6 is 24.0 Å². The molecule has 3 amide bonds. The van der Waals surface area contributed by atoms with Crippen LogP contribution in [0, 0.1) is 0 Å². The summed E-state index contributed by atoms with van der Waals surface area (Å²) >= 11 is 6.52. The maximum atomic E-state index is 13.4. The van der Waals surface area contributed by atoms with E-state index in [-0.39, 0.29) is 24.3 Å². The zero-order valence-electron chi connectivity index (χ0n) is 17.7. The molecule has 164 valence electrons. The summed E-state index contributed by atoms with van der Waals surface area (Å²) in [6.07, 6.45) is 1.48. The van der Waals surface area contributed by atoms with Crippen molar-refractivity contribution in [1.82, 2.24) is 10.2 Å². The monoisotopic (exact) mass is 465 g/mol. The highest BCUT2D eigenvalue weighted by molar-refractivity contribution is 8.26. The van der Waals surface area contributed by atoms with Crippen LogP contribution in [0.1, 0.15) is 24.5 Å². The van der Waals surface area contributed by atoms with Crippen molar-refractivity contribution in [3.05, 3.63) is 70.6 Å². The van der Waals surface area contributed by atoms with Crippen molar-refractivity contribution in [3.8, 4) is 0 Å². The predicted molar refractivity (Wildman–Crippen MR) is 131 cm³/mol. The zero-order valence-corrected chi connectivity index (χ0v) is 19.3. The Morgan fingerprint density at radius 1 is 1.00 bits per heavy atom. The second kappa shape index (κ2) is 9.67. The summed E-state index contributed by atoms with van der Waals surface area (Å²) in [6.45, 7) is 2.86. The number of rotatable bonds is 7. The molecule has 4 rings (SSSR count). The molecule has 6 nitrogen and oxygen atoms in total. The van der Waals surface area contributed by atoms with Gasteiger partial charge < -0.3 is 5.32 Å². The first-order valence-electron chi connectivity index (χ1n) is 10.5. The van der Waals surface area contributed by atoms with Crippen LogP contribution in [-0.4, -0.2) is 46.6 Å². The Labute approximate surface area is 196 Å². The largest absolute Gasteiger partial charge is 0.354 e. The summed E-state index contributed by atoms with van der Waals surface area (Å²) in [5.41, 5.74) is 2.75. The van der Waals surface area contributed by atoms with Crippen molar-refractivity contribution in [2.75, 3.05) is 24.5 Å². The van der Waals surface area contributed by atoms with Crippen molar-refractivity contribution < 1.29 is 14.4 Å². The summed E-state index contributed by atoms with van der Waals surface area (Å²) < 4.78 is 0.460. The van der Waals surface area contributed by atoms with Gasteiger partial charge in [-0.3, -0.25) is 24.2 Å². The number of benzene rings is 2. The van der Waals surface area contributed by atoms with Crippen LogP contribution < -0.4 is 10.2 Å². The molecule has 0 bridgehead atoms. The molecule has 2 aliphatic rings. The highest BCUT2D eigenvalue weighted by Crippen LogP contribution is 2.44. The van der Waals surface area contributed by atoms with E-state index in [0.29, 0.717) is 45.6 Å². The van der Waals surface area contributed by atoms with E-state index in [0.717, 1.165) is 23.7 Å². The van der Waals surface area contributed by atoms with E-state index < -0.39 is 0 Å². The Balaban J connectivity index is 1.52. The predicted octanol–water partition coefficient (Wildman–Crippen LogP) is 3.37. The summed E-state index contributed by atoms with van der Waals surface area (Å²) in [7, 11) is 0. The van der Waals surface area contributed by atoms with Crippen LogP contribution in [0.2, 0.25) is 0 Å². The molecule has 1 N–H and O–H groups in total. The smallest absolute Gasteiger partial charge is 0.267 e. The number of para-hydroxylation sites is 1. The van der Waals surface area contributed by atoms with E-state index in [1.54, 1.807) is 6.07 Å². The first-order valence-corrected chi connectivity index (χ1v) is 11.7. The lowest BCUT2D eigenvalue weighted by molar-refractivity contribution is -0.122. The Hall–Kier alpha value is -2.97. The van der Waals surface area contributed by atoms with Crippen molar-refractivity contribution in [3.63, 3.8) is 0 Å². The Kier molecular flexibility index (Phi) is 6.72. The normalized spacial score (nSPS) is 17.8. The third-order valence-corrected chi connectivity index (χ3v) is 6.78. The number of thiocarbonyl (C=S) groups is 1. The van der Waals surface area contributed by atoms with E-state index in [9.17, 15) is 14.4 Å². The van der Waals surface area contributed by atoms with E-state index in [4.69, 9.17) is 12.2 Å². The molecule has 1 saturated heterocycles. The van der Waals surface area contributed by atoms with Gasteiger partial charge in [0.2, 0.25) is 5.91 Å². The fourth-order valence-electron chi connectivity index (χ4n) is 3.81. The zero-order chi connectivity index (χ0) is 22.7. The van der Waals surface area contributed by atoms with Gasteiger partial charge in [0.15, 0.2) is 0 Å². The van der Waals surface area contributed by atoms with Crippen molar-refractivity contribution in [1.29, 1.82) is 0 Å². The lowest BCUT2D eigenvalue weighted by atomic mass is 10.1. The maximum Gasteiger partial charge on any atom is 0.267 e. The van der Waals surface area contributed by atoms with Crippen LogP contribution in [-0.2, 0) is 20.8 Å². The van der Waals surface area contributed by atoms with Gasteiger partial charge in [-0.1, -0.05) is 79.4 Å². The van der Waals surface area contributed by atoms with E-state index in [2.05, 4.69) is 5.32 Å². The first kappa shape index (κ1) is 22.2. The molecule has 2 aromatic carbocycles. The third-order valence-electron chi connectivity index (χ3n) is 5.33. The number of thioether (sulfide) groups is 1. The lowest BCUT2D eigenvalue weighted by Crippen LogP contribution is -2.39. The van der Waals surface area contributed by atoms with Crippen LogP contribution in [0.4, 0.5) is 5.69 Å². The molecule has 2 aromatic rings. The number of nitrogens with zero attached hydrogens (tertiary/aromatic N) is 2. The standard InChI is InChI=1S/C24H23N3O3S2/c1-2-14-26-23(30)21(32-24(26)31)20-17-10-6-7-11-18(17)27(22(20)29)15-19(28)25-13-12-16-8-4-3-5-9-16/h3-11H,2,12-15H2,1H3,(H,25,28). The van der Waals surface area contributed by atoms with Gasteiger partial charge in [-0.25, -0.2) is 0 Å². The number of hydrogen-bond donors (Lipinski definition) is 1. The minimum Gasteiger partial charge on any atom is -0.354 e. The molecule has 8 heteroatoms. The molecule has 1 fully saturated rings. The molecule has 0 aromatic heterocycles. The van der Waals surface area contributed by atoms with Gasteiger partial charge in [0, 0.05) is 18.7 Å². The van der Waals surface area contributed by atoms with Crippen molar-refractivity contribution in [2.24, 2.45) is 0 Å². The topological polar surface area (TPSA) is 69.7 Å². The van der Waals surface area contributed by atoms with Crippen molar-refractivity contribution >= 4 is 57.3 Å². The Morgan fingerprint density at radius 3 is 2.47 bits per heavy atom. The van der Waals surface area contributed by atoms with Crippen LogP contribution in [0.5, 0.6) is 0 Å². The molecular formula is C24H23N3O3S2. The molecule has 0 spiro atoms. The SMILES string of the molecule is CCCN1C(=O)C(=C2C(=O)N(CC(=O)NCCc3ccccc3)c3ccccc32)SC1=S. The van der Waals surface area contributed by atoms with Gasteiger partial charge in [0.1, 0.15) is 10.9 Å². The minimum atomic E-state index is -0.346.